The summed E-state index contributed by atoms with van der Waals surface area (Å²) < 4.78 is 5.49. The summed E-state index contributed by atoms with van der Waals surface area (Å²) in [4.78, 5) is 15.0. The van der Waals surface area contributed by atoms with Crippen molar-refractivity contribution in [3.63, 3.8) is 0 Å². The van der Waals surface area contributed by atoms with Gasteiger partial charge < -0.3 is 9.84 Å². The van der Waals surface area contributed by atoms with Gasteiger partial charge in [-0.15, -0.1) is 11.8 Å². The largest absolute Gasteiger partial charge is 0.478 e. The third-order valence-corrected chi connectivity index (χ3v) is 3.86. The van der Waals surface area contributed by atoms with Crippen molar-refractivity contribution in [1.29, 1.82) is 0 Å². The Hall–Kier alpha value is -0.780. The molecule has 6 heteroatoms. The second kappa shape index (κ2) is 5.71. The van der Waals surface area contributed by atoms with Crippen LogP contribution in [0, 0.1) is 0 Å². The number of hydrogen-bond acceptors (Lipinski definition) is 4. The van der Waals surface area contributed by atoms with Gasteiger partial charge in [-0.25, -0.2) is 9.78 Å². The molecule has 0 saturated carbocycles. The molecule has 1 aliphatic heterocycles. The van der Waals surface area contributed by atoms with E-state index in [4.69, 9.17) is 21.4 Å². The first-order valence-electron chi connectivity index (χ1n) is 5.30. The van der Waals surface area contributed by atoms with Crippen LogP contribution in [0.15, 0.2) is 17.3 Å². The maximum atomic E-state index is 10.9. The Balaban J connectivity index is 2.00. The van der Waals surface area contributed by atoms with Crippen molar-refractivity contribution in [2.75, 3.05) is 12.4 Å². The van der Waals surface area contributed by atoms with E-state index in [0.29, 0.717) is 5.03 Å². The molecule has 4 nitrogen and oxygen atoms in total. The monoisotopic (exact) mass is 273 g/mol. The van der Waals surface area contributed by atoms with Gasteiger partial charge in [0.15, 0.2) is 0 Å². The van der Waals surface area contributed by atoms with Gasteiger partial charge >= 0.3 is 5.97 Å². The van der Waals surface area contributed by atoms with Gasteiger partial charge in [-0.2, -0.15) is 0 Å². The van der Waals surface area contributed by atoms with Crippen LogP contribution in [0.5, 0.6) is 0 Å². The van der Waals surface area contributed by atoms with Crippen LogP contribution in [0.1, 0.15) is 23.2 Å². The molecule has 0 spiro atoms. The topological polar surface area (TPSA) is 59.4 Å². The SMILES string of the molecule is O=C(O)c1cc(SCC2CCCO2)ncc1Cl. The quantitative estimate of drug-likeness (QED) is 0.855. The minimum atomic E-state index is -1.03. The molecule has 1 atom stereocenters. The molecule has 1 aromatic heterocycles. The van der Waals surface area contributed by atoms with Gasteiger partial charge in [0.1, 0.15) is 0 Å². The standard InChI is InChI=1S/C11H12ClNO3S/c12-9-5-13-10(4-8(9)11(14)15)17-6-7-2-1-3-16-7/h4-5,7H,1-3,6H2,(H,14,15). The van der Waals surface area contributed by atoms with E-state index in [9.17, 15) is 4.79 Å². The summed E-state index contributed by atoms with van der Waals surface area (Å²) in [5.41, 5.74) is 0.0940. The number of rotatable bonds is 4. The molecule has 2 rings (SSSR count). The first kappa shape index (κ1) is 12.7. The summed E-state index contributed by atoms with van der Waals surface area (Å²) >= 11 is 7.24. The highest BCUT2D eigenvalue weighted by atomic mass is 35.5. The number of halogens is 1. The molecule has 1 N–H and O–H groups in total. The average Bonchev–Trinajstić information content (AvgIpc) is 2.80. The smallest absolute Gasteiger partial charge is 0.337 e. The molecule has 1 fully saturated rings. The number of ether oxygens (including phenoxy) is 1. The molecule has 0 amide bonds. The molecule has 0 bridgehead atoms. The molecule has 0 radical (unpaired) electrons. The van der Waals surface area contributed by atoms with Crippen molar-refractivity contribution in [1.82, 2.24) is 4.98 Å². The van der Waals surface area contributed by atoms with Crippen molar-refractivity contribution in [3.8, 4) is 0 Å². The lowest BCUT2D eigenvalue weighted by Crippen LogP contribution is -2.08. The number of aromatic nitrogens is 1. The van der Waals surface area contributed by atoms with Crippen molar-refractivity contribution >= 4 is 29.3 Å². The van der Waals surface area contributed by atoms with E-state index >= 15 is 0 Å². The lowest BCUT2D eigenvalue weighted by Gasteiger charge is -2.08. The number of carbonyl (C=O) groups is 1. The summed E-state index contributed by atoms with van der Waals surface area (Å²) in [5, 5.41) is 9.76. The lowest BCUT2D eigenvalue weighted by molar-refractivity contribution is 0.0696. The van der Waals surface area contributed by atoms with E-state index in [-0.39, 0.29) is 16.7 Å². The van der Waals surface area contributed by atoms with Crippen molar-refractivity contribution in [3.05, 3.63) is 22.8 Å². The average molecular weight is 274 g/mol. The predicted octanol–water partition coefficient (Wildman–Crippen LogP) is 2.70. The Labute approximate surface area is 108 Å². The molecular formula is C11H12ClNO3S. The number of nitrogens with zero attached hydrogens (tertiary/aromatic N) is 1. The maximum Gasteiger partial charge on any atom is 0.337 e. The van der Waals surface area contributed by atoms with Crippen molar-refractivity contribution < 1.29 is 14.6 Å². The maximum absolute atomic E-state index is 10.9. The summed E-state index contributed by atoms with van der Waals surface area (Å²) in [6.07, 6.45) is 3.79. The highest BCUT2D eigenvalue weighted by Crippen LogP contribution is 2.25. The minimum absolute atomic E-state index is 0.0940. The Kier molecular flexibility index (Phi) is 4.25. The van der Waals surface area contributed by atoms with Gasteiger partial charge in [0, 0.05) is 18.6 Å². The Morgan fingerprint density at radius 2 is 2.53 bits per heavy atom. The fourth-order valence-electron chi connectivity index (χ4n) is 1.62. The van der Waals surface area contributed by atoms with E-state index in [1.165, 1.54) is 24.0 Å². The number of carboxylic acids is 1. The van der Waals surface area contributed by atoms with Gasteiger partial charge in [0.2, 0.25) is 0 Å². The second-order valence-electron chi connectivity index (χ2n) is 3.75. The number of carboxylic acid groups (broad SMARTS) is 1. The van der Waals surface area contributed by atoms with E-state index in [2.05, 4.69) is 4.98 Å². The molecule has 92 valence electrons. The van der Waals surface area contributed by atoms with Crippen LogP contribution in [0.3, 0.4) is 0 Å². The molecule has 2 heterocycles. The van der Waals surface area contributed by atoms with Gasteiger partial charge in [0.05, 0.1) is 21.7 Å². The van der Waals surface area contributed by atoms with E-state index in [1.807, 2.05) is 0 Å². The van der Waals surface area contributed by atoms with Gasteiger partial charge in [0.25, 0.3) is 0 Å². The fraction of sp³-hybridized carbons (Fsp3) is 0.455. The van der Waals surface area contributed by atoms with Gasteiger partial charge in [-0.1, -0.05) is 11.6 Å². The first-order chi connectivity index (χ1) is 8.16. The number of thioether (sulfide) groups is 1. The van der Waals surface area contributed by atoms with Crippen molar-refractivity contribution in [2.24, 2.45) is 0 Å². The summed E-state index contributed by atoms with van der Waals surface area (Å²) in [7, 11) is 0. The Morgan fingerprint density at radius 3 is 3.18 bits per heavy atom. The van der Waals surface area contributed by atoms with E-state index < -0.39 is 5.97 Å². The molecule has 1 saturated heterocycles. The normalized spacial score (nSPS) is 19.5. The van der Waals surface area contributed by atoms with Crippen LogP contribution in [0.4, 0.5) is 0 Å². The van der Waals surface area contributed by atoms with Crippen molar-refractivity contribution in [2.45, 2.75) is 24.0 Å². The number of pyridine rings is 1. The molecule has 17 heavy (non-hydrogen) atoms. The zero-order valence-corrected chi connectivity index (χ0v) is 10.6. The number of aromatic carboxylic acids is 1. The van der Waals surface area contributed by atoms with Gasteiger partial charge in [-0.05, 0) is 18.9 Å². The third-order valence-electron chi connectivity index (χ3n) is 2.50. The van der Waals surface area contributed by atoms with Crippen LogP contribution in [0.25, 0.3) is 0 Å². The zero-order chi connectivity index (χ0) is 12.3. The number of hydrogen-bond donors (Lipinski definition) is 1. The molecular weight excluding hydrogens is 262 g/mol. The summed E-state index contributed by atoms with van der Waals surface area (Å²) in [6, 6.07) is 1.50. The predicted molar refractivity (Wildman–Crippen MR) is 65.9 cm³/mol. The Bertz CT molecular complexity index is 421. The molecule has 1 unspecified atom stereocenters. The van der Waals surface area contributed by atoms with Crippen LogP contribution in [0.2, 0.25) is 5.02 Å². The molecule has 1 aromatic rings. The first-order valence-corrected chi connectivity index (χ1v) is 6.66. The Morgan fingerprint density at radius 1 is 1.71 bits per heavy atom. The molecule has 0 aliphatic carbocycles. The highest BCUT2D eigenvalue weighted by Gasteiger charge is 2.17. The minimum Gasteiger partial charge on any atom is -0.478 e. The van der Waals surface area contributed by atoms with E-state index in [0.717, 1.165) is 25.2 Å². The summed E-state index contributed by atoms with van der Waals surface area (Å²) in [6.45, 7) is 0.819. The highest BCUT2D eigenvalue weighted by molar-refractivity contribution is 7.99. The molecule has 1 aliphatic rings. The lowest BCUT2D eigenvalue weighted by atomic mass is 10.3. The van der Waals surface area contributed by atoms with E-state index in [1.54, 1.807) is 0 Å². The zero-order valence-electron chi connectivity index (χ0n) is 9.06. The second-order valence-corrected chi connectivity index (χ2v) is 5.20. The van der Waals surface area contributed by atoms with Crippen LogP contribution in [-0.4, -0.2) is 34.5 Å². The van der Waals surface area contributed by atoms with Crippen LogP contribution < -0.4 is 0 Å². The molecule has 0 aromatic carbocycles. The van der Waals surface area contributed by atoms with Crippen LogP contribution in [-0.2, 0) is 4.74 Å². The van der Waals surface area contributed by atoms with Gasteiger partial charge in [-0.3, -0.25) is 0 Å². The fourth-order valence-corrected chi connectivity index (χ4v) is 2.75. The summed E-state index contributed by atoms with van der Waals surface area (Å²) in [5.74, 6) is -0.232. The van der Waals surface area contributed by atoms with Crippen LogP contribution >= 0.6 is 23.4 Å². The third kappa shape index (κ3) is 3.34.